The van der Waals surface area contributed by atoms with Gasteiger partial charge in [0.25, 0.3) is 11.8 Å². The number of rotatable bonds is 17. The number of likely N-dealkylation sites (N-methyl/N-ethyl adjacent to an activating group) is 2. The van der Waals surface area contributed by atoms with E-state index in [1.165, 1.54) is 21.4 Å². The topological polar surface area (TPSA) is 239 Å². The van der Waals surface area contributed by atoms with E-state index in [0.29, 0.717) is 18.4 Å². The first-order chi connectivity index (χ1) is 36.5. The van der Waals surface area contributed by atoms with Crippen LogP contribution in [-0.2, 0) is 41.6 Å². The Hall–Kier alpha value is -6.38. The van der Waals surface area contributed by atoms with E-state index in [0.717, 1.165) is 52.3 Å². The minimum atomic E-state index is -1.14. The van der Waals surface area contributed by atoms with Gasteiger partial charge in [0.05, 0.1) is 24.2 Å². The van der Waals surface area contributed by atoms with Gasteiger partial charge in [-0.05, 0) is 150 Å². The molecule has 18 nitrogen and oxygen atoms in total. The van der Waals surface area contributed by atoms with Gasteiger partial charge in [0, 0.05) is 40.8 Å². The molecule has 7 rings (SSSR count). The zero-order valence-electron chi connectivity index (χ0n) is 45.9. The van der Waals surface area contributed by atoms with E-state index < -0.39 is 83.3 Å². The summed E-state index contributed by atoms with van der Waals surface area (Å²) in [5.41, 5.74) is 5.37. The summed E-state index contributed by atoms with van der Waals surface area (Å²) in [5, 5.41) is 23.9. The van der Waals surface area contributed by atoms with Crippen LogP contribution in [0.2, 0.25) is 0 Å². The maximum absolute atomic E-state index is 14.7. The van der Waals surface area contributed by atoms with Gasteiger partial charge in [0.1, 0.15) is 32.0 Å². The molecule has 2 aliphatic heterocycles. The van der Waals surface area contributed by atoms with Crippen molar-refractivity contribution in [1.29, 1.82) is 0 Å². The van der Waals surface area contributed by atoms with Crippen LogP contribution in [0.25, 0.3) is 0 Å². The molecule has 10 atom stereocenters. The van der Waals surface area contributed by atoms with Crippen molar-refractivity contribution in [2.45, 2.75) is 153 Å². The van der Waals surface area contributed by atoms with E-state index in [9.17, 15) is 38.4 Å². The fourth-order valence-corrected chi connectivity index (χ4v) is 11.3. The van der Waals surface area contributed by atoms with Crippen molar-refractivity contribution in [3.8, 4) is 0 Å². The lowest BCUT2D eigenvalue weighted by atomic mass is 9.83. The first-order valence-electron chi connectivity index (χ1n) is 26.9. The van der Waals surface area contributed by atoms with E-state index in [1.54, 1.807) is 53.1 Å². The largest absolute Gasteiger partial charge is 0.347 e. The van der Waals surface area contributed by atoms with Crippen LogP contribution in [0.15, 0.2) is 77.3 Å². The summed E-state index contributed by atoms with van der Waals surface area (Å²) in [7, 11) is 5.31. The van der Waals surface area contributed by atoms with Gasteiger partial charge in [-0.3, -0.25) is 38.4 Å². The maximum atomic E-state index is 14.7. The van der Waals surface area contributed by atoms with Crippen LogP contribution in [0, 0.1) is 5.41 Å². The number of aryl methyl sites for hydroxylation is 2. The third-order valence-electron chi connectivity index (χ3n) is 15.6. The lowest BCUT2D eigenvalue weighted by Gasteiger charge is -2.36. The van der Waals surface area contributed by atoms with Crippen molar-refractivity contribution in [3.05, 3.63) is 111 Å². The van der Waals surface area contributed by atoms with Gasteiger partial charge in [0.2, 0.25) is 35.4 Å². The first kappa shape index (κ1) is 58.3. The summed E-state index contributed by atoms with van der Waals surface area (Å²) in [6.45, 7) is 14.4. The molecule has 8 N–H and O–H groups in total. The van der Waals surface area contributed by atoms with Crippen molar-refractivity contribution >= 4 is 76.5 Å². The van der Waals surface area contributed by atoms with Crippen molar-refractivity contribution < 1.29 is 38.4 Å². The lowest BCUT2D eigenvalue weighted by molar-refractivity contribution is -0.144. The Balaban J connectivity index is 1.08. The predicted octanol–water partition coefficient (Wildman–Crippen LogP) is 2.30. The van der Waals surface area contributed by atoms with Crippen LogP contribution >= 0.6 is 15.9 Å². The molecule has 3 aromatic carbocycles. The zero-order valence-corrected chi connectivity index (χ0v) is 47.4. The highest BCUT2D eigenvalue weighted by atomic mass is 79.9. The summed E-state index contributed by atoms with van der Waals surface area (Å²) >= 11 is 3.56. The number of hydrogen-bond donors (Lipinski definition) is 8. The summed E-state index contributed by atoms with van der Waals surface area (Å²) in [5.74, 6) is -3.64. The number of halogens is 1. The quantitative estimate of drug-likeness (QED) is 0.0726. The van der Waals surface area contributed by atoms with Crippen LogP contribution in [0.1, 0.15) is 135 Å². The van der Waals surface area contributed by atoms with Gasteiger partial charge in [-0.1, -0.05) is 79.1 Å². The second kappa shape index (κ2) is 25.0. The van der Waals surface area contributed by atoms with Crippen LogP contribution in [0.4, 0.5) is 0 Å². The van der Waals surface area contributed by atoms with Gasteiger partial charge in [-0.15, -0.1) is 0 Å². The molecule has 77 heavy (non-hydrogen) atoms. The van der Waals surface area contributed by atoms with E-state index in [-0.39, 0.29) is 66.9 Å². The van der Waals surface area contributed by atoms with E-state index in [4.69, 9.17) is 0 Å². The Morgan fingerprint density at radius 2 is 1.14 bits per heavy atom. The van der Waals surface area contributed by atoms with Crippen LogP contribution in [-0.4, -0.2) is 140 Å². The Morgan fingerprint density at radius 3 is 1.64 bits per heavy atom. The van der Waals surface area contributed by atoms with E-state index >= 15 is 0 Å². The minimum Gasteiger partial charge on any atom is -0.347 e. The molecule has 0 aromatic heterocycles. The molecule has 2 fully saturated rings. The van der Waals surface area contributed by atoms with Gasteiger partial charge in [-0.25, -0.2) is 0 Å². The van der Waals surface area contributed by atoms with Crippen molar-refractivity contribution in [3.63, 3.8) is 0 Å². The van der Waals surface area contributed by atoms with Gasteiger partial charge < -0.3 is 52.3 Å². The molecule has 0 bridgehead atoms. The summed E-state index contributed by atoms with van der Waals surface area (Å²) in [6, 6.07) is 11.0. The average Bonchev–Trinajstić information content (AvgIpc) is 4.04. The highest BCUT2D eigenvalue weighted by Gasteiger charge is 2.47. The fourth-order valence-electron chi connectivity index (χ4n) is 10.9. The molecule has 2 saturated heterocycles. The third kappa shape index (κ3) is 13.8. The molecule has 20 heteroatoms. The average molecular weight is 1120 g/mol. The molecular formula is C57H76BBrN10O8. The molecule has 412 valence electrons. The maximum Gasteiger partial charge on any atom is 0.251 e. The highest BCUT2D eigenvalue weighted by Crippen LogP contribution is 2.34. The molecule has 0 spiro atoms. The number of amides is 8. The smallest absolute Gasteiger partial charge is 0.251 e. The molecule has 8 amide bonds. The Morgan fingerprint density at radius 1 is 0.662 bits per heavy atom. The second-order valence-corrected chi connectivity index (χ2v) is 23.4. The number of hydrogen-bond acceptors (Lipinski definition) is 10. The molecule has 4 aliphatic rings. The third-order valence-corrected chi connectivity index (χ3v) is 16.1. The summed E-state index contributed by atoms with van der Waals surface area (Å²) in [6.07, 6.45) is 5.09. The van der Waals surface area contributed by atoms with E-state index in [2.05, 4.69) is 77.2 Å². The van der Waals surface area contributed by atoms with Crippen LogP contribution < -0.4 is 48.0 Å². The summed E-state index contributed by atoms with van der Waals surface area (Å²) in [4.78, 5) is 116. The fraction of sp³-hybridized carbons (Fsp3) is 0.509. The molecule has 2 unspecified atom stereocenters. The van der Waals surface area contributed by atoms with E-state index in [1.807, 2.05) is 52.9 Å². The first-order valence-corrected chi connectivity index (χ1v) is 27.7. The van der Waals surface area contributed by atoms with Crippen LogP contribution in [0.5, 0.6) is 0 Å². The molecule has 0 saturated carbocycles. The number of carbonyl (C=O) groups is 8. The standard InChI is InChI=1S/C57H76BBrN10O8/c1-30(2)47(66-49(70)31(3)60-8)55(76)68-28-39(26-45(68)53(74)64-43-17-11-13-33-24-37(58)19-21-41(33)43)62-51(72)35-15-10-16-36(23-35)52(73)63-40-27-46(54(75)65-44-18-12-14-34-25-38(59)20-22-42(34)44)69(29-40)56(77)48(57(5,6)7)67-50(71)32(4)61-9/h10,15-16,19-25,31-32,39-40,43-48,60-61H,1,11-14,17-18,26-29,58H2,2-9H3,(H,62,72)(H,63,73)(H,64,74)(H,65,75)(H,66,70)(H,67,71)/t31-,32-,39-,40-,43?,44?,45-,46-,47-,48+/m0/s1. The number of benzene rings is 3. The second-order valence-electron chi connectivity index (χ2n) is 22.5. The highest BCUT2D eigenvalue weighted by molar-refractivity contribution is 9.10. The SMILES string of the molecule is Bc1ccc2c(c1)CCCC2NC(=O)[C@@H]1C[C@H](NC(=O)c2cccc(C(=O)N[C@H]3C[C@@H](C(=O)NC4CCCc5cc(Br)ccc54)N(C(=O)[C@@H](NC(=O)[C@H](C)NC)C(C)(C)C)C3)c2)CN1C(=O)[C@@H](NC(=O)[C@H](C)NC)C(=C)C. The lowest BCUT2D eigenvalue weighted by Crippen LogP contribution is -2.59. The molecule has 2 aliphatic carbocycles. The Bertz CT molecular complexity index is 2790. The predicted molar refractivity (Wildman–Crippen MR) is 301 cm³/mol. The number of fused-ring (bicyclic) bond motifs is 2. The van der Waals surface area contributed by atoms with Crippen molar-refractivity contribution in [2.24, 2.45) is 5.41 Å². The Labute approximate surface area is 461 Å². The number of carbonyl (C=O) groups excluding carboxylic acids is 8. The summed E-state index contributed by atoms with van der Waals surface area (Å²) < 4.78 is 0.944. The molecule has 2 heterocycles. The number of likely N-dealkylation sites (tertiary alicyclic amines) is 2. The van der Waals surface area contributed by atoms with Crippen molar-refractivity contribution in [2.75, 3.05) is 27.2 Å². The Kier molecular flexibility index (Phi) is 18.9. The molecule has 0 radical (unpaired) electrons. The van der Waals surface area contributed by atoms with Gasteiger partial charge >= 0.3 is 0 Å². The van der Waals surface area contributed by atoms with Gasteiger partial charge in [-0.2, -0.15) is 0 Å². The molecular weight excluding hydrogens is 1040 g/mol. The molecule has 3 aromatic rings. The normalized spacial score (nSPS) is 22.5. The van der Waals surface area contributed by atoms with Crippen molar-refractivity contribution in [1.82, 2.24) is 52.3 Å². The van der Waals surface area contributed by atoms with Crippen LogP contribution in [0.3, 0.4) is 0 Å². The number of nitrogens with zero attached hydrogens (tertiary/aromatic N) is 2. The minimum absolute atomic E-state index is 0.0237. The van der Waals surface area contributed by atoms with Gasteiger partial charge in [0.15, 0.2) is 0 Å². The number of nitrogens with one attached hydrogen (secondary N) is 8. The monoisotopic (exact) mass is 1120 g/mol. The zero-order chi connectivity index (χ0) is 56.0.